The summed E-state index contributed by atoms with van der Waals surface area (Å²) in [4.78, 5) is 10.9. The first-order valence-electron chi connectivity index (χ1n) is 3.83. The van der Waals surface area contributed by atoms with E-state index in [4.69, 9.17) is 0 Å². The Morgan fingerprint density at radius 2 is 2.46 bits per heavy atom. The van der Waals surface area contributed by atoms with E-state index in [-0.39, 0.29) is 5.91 Å². The minimum atomic E-state index is -0.106. The van der Waals surface area contributed by atoms with Gasteiger partial charge in [0, 0.05) is 24.9 Å². The van der Waals surface area contributed by atoms with Gasteiger partial charge in [-0.3, -0.25) is 9.89 Å². The van der Waals surface area contributed by atoms with Crippen LogP contribution in [0.3, 0.4) is 0 Å². The zero-order chi connectivity index (χ0) is 9.26. The van der Waals surface area contributed by atoms with Gasteiger partial charge in [0.25, 0.3) is 0 Å². The number of carbonyl (C=O) groups is 1. The topological polar surface area (TPSA) is 63.6 Å². The van der Waals surface area contributed by atoms with E-state index in [9.17, 15) is 4.79 Å². The third-order valence-electron chi connectivity index (χ3n) is 1.72. The largest absolute Gasteiger partial charge is 0.278 e. The molecule has 2 rings (SSSR count). The highest BCUT2D eigenvalue weighted by molar-refractivity contribution is 5.76. The van der Waals surface area contributed by atoms with Gasteiger partial charge in [-0.15, -0.1) is 0 Å². The van der Waals surface area contributed by atoms with E-state index in [1.165, 1.54) is 11.6 Å². The van der Waals surface area contributed by atoms with E-state index in [2.05, 4.69) is 15.3 Å². The van der Waals surface area contributed by atoms with Gasteiger partial charge in [0.15, 0.2) is 0 Å². The van der Waals surface area contributed by atoms with Crippen molar-refractivity contribution >= 4 is 5.91 Å². The standard InChI is InChI=1S/C8H8N4O/c1-6(13)12-5-7(4-10-12)8-2-3-9-11-8/h2-5H,1H3,(H,9,11). The van der Waals surface area contributed by atoms with Gasteiger partial charge >= 0.3 is 0 Å². The molecule has 66 valence electrons. The van der Waals surface area contributed by atoms with Gasteiger partial charge in [0.05, 0.1) is 11.9 Å². The van der Waals surface area contributed by atoms with Crippen LogP contribution in [0.15, 0.2) is 24.7 Å². The summed E-state index contributed by atoms with van der Waals surface area (Å²) in [6.07, 6.45) is 4.94. The Hall–Kier alpha value is -1.91. The van der Waals surface area contributed by atoms with E-state index < -0.39 is 0 Å². The monoisotopic (exact) mass is 176 g/mol. The Balaban J connectivity index is 2.39. The van der Waals surface area contributed by atoms with Crippen LogP contribution in [0.2, 0.25) is 0 Å². The van der Waals surface area contributed by atoms with Gasteiger partial charge in [-0.25, -0.2) is 4.68 Å². The summed E-state index contributed by atoms with van der Waals surface area (Å²) in [6, 6.07) is 1.82. The quantitative estimate of drug-likeness (QED) is 0.703. The minimum Gasteiger partial charge on any atom is -0.278 e. The molecule has 0 atom stereocenters. The van der Waals surface area contributed by atoms with Crippen molar-refractivity contribution in [3.8, 4) is 11.3 Å². The second kappa shape index (κ2) is 2.85. The molecule has 0 fully saturated rings. The molecule has 0 radical (unpaired) electrons. The lowest BCUT2D eigenvalue weighted by molar-refractivity contribution is 0.0921. The number of rotatable bonds is 1. The highest BCUT2D eigenvalue weighted by Crippen LogP contribution is 2.13. The molecule has 0 aliphatic carbocycles. The Morgan fingerprint density at radius 3 is 3.00 bits per heavy atom. The van der Waals surface area contributed by atoms with Crippen molar-refractivity contribution in [3.63, 3.8) is 0 Å². The van der Waals surface area contributed by atoms with Crippen molar-refractivity contribution in [2.24, 2.45) is 0 Å². The summed E-state index contributed by atoms with van der Waals surface area (Å²) < 4.78 is 1.29. The van der Waals surface area contributed by atoms with Crippen LogP contribution >= 0.6 is 0 Å². The summed E-state index contributed by atoms with van der Waals surface area (Å²) in [7, 11) is 0. The van der Waals surface area contributed by atoms with Gasteiger partial charge < -0.3 is 0 Å². The molecule has 0 bridgehead atoms. The third kappa shape index (κ3) is 1.35. The van der Waals surface area contributed by atoms with Gasteiger partial charge in [-0.2, -0.15) is 10.2 Å². The number of H-pyrrole nitrogens is 1. The fourth-order valence-corrected chi connectivity index (χ4v) is 1.05. The van der Waals surface area contributed by atoms with Crippen molar-refractivity contribution in [1.29, 1.82) is 0 Å². The van der Waals surface area contributed by atoms with E-state index in [1.807, 2.05) is 6.07 Å². The molecule has 0 aliphatic rings. The van der Waals surface area contributed by atoms with Crippen molar-refractivity contribution in [2.45, 2.75) is 6.92 Å². The van der Waals surface area contributed by atoms with E-state index in [0.29, 0.717) is 0 Å². The molecular weight excluding hydrogens is 168 g/mol. The summed E-state index contributed by atoms with van der Waals surface area (Å²) in [5.41, 5.74) is 1.71. The summed E-state index contributed by atoms with van der Waals surface area (Å²) >= 11 is 0. The van der Waals surface area contributed by atoms with Gasteiger partial charge in [-0.1, -0.05) is 0 Å². The van der Waals surface area contributed by atoms with Crippen LogP contribution in [-0.4, -0.2) is 25.9 Å². The van der Waals surface area contributed by atoms with Gasteiger partial charge in [-0.05, 0) is 6.07 Å². The number of hydrogen-bond acceptors (Lipinski definition) is 3. The molecule has 0 amide bonds. The predicted molar refractivity (Wildman–Crippen MR) is 46.1 cm³/mol. The molecule has 5 heteroatoms. The van der Waals surface area contributed by atoms with E-state index >= 15 is 0 Å². The smallest absolute Gasteiger partial charge is 0.243 e. The molecular formula is C8H8N4O. The molecule has 1 N–H and O–H groups in total. The van der Waals surface area contributed by atoms with Crippen LogP contribution in [0.5, 0.6) is 0 Å². The zero-order valence-electron chi connectivity index (χ0n) is 7.06. The summed E-state index contributed by atoms with van der Waals surface area (Å²) in [6.45, 7) is 1.46. The van der Waals surface area contributed by atoms with E-state index in [1.54, 1.807) is 18.6 Å². The average molecular weight is 176 g/mol. The Labute approximate surface area is 74.4 Å². The Morgan fingerprint density at radius 1 is 1.62 bits per heavy atom. The van der Waals surface area contributed by atoms with Crippen LogP contribution in [0, 0.1) is 0 Å². The second-order valence-corrected chi connectivity index (χ2v) is 2.66. The maximum absolute atomic E-state index is 10.9. The normalized spacial score (nSPS) is 10.2. The van der Waals surface area contributed by atoms with Crippen LogP contribution in [0.25, 0.3) is 11.3 Å². The lowest BCUT2D eigenvalue weighted by Crippen LogP contribution is -2.04. The molecule has 0 spiro atoms. The van der Waals surface area contributed by atoms with Crippen molar-refractivity contribution in [2.75, 3.05) is 0 Å². The highest BCUT2D eigenvalue weighted by atomic mass is 16.2. The molecule has 0 saturated heterocycles. The number of aromatic nitrogens is 4. The predicted octanol–water partition coefficient (Wildman–Crippen LogP) is 0.933. The van der Waals surface area contributed by atoms with Crippen LogP contribution in [-0.2, 0) is 0 Å². The molecule has 0 unspecified atom stereocenters. The van der Waals surface area contributed by atoms with E-state index in [0.717, 1.165) is 11.3 Å². The lowest BCUT2D eigenvalue weighted by Gasteiger charge is -1.89. The van der Waals surface area contributed by atoms with Gasteiger partial charge in [0.2, 0.25) is 5.91 Å². The second-order valence-electron chi connectivity index (χ2n) is 2.66. The van der Waals surface area contributed by atoms with Crippen LogP contribution < -0.4 is 0 Å². The fraction of sp³-hybridized carbons (Fsp3) is 0.125. The minimum absolute atomic E-state index is 0.106. The fourth-order valence-electron chi connectivity index (χ4n) is 1.05. The molecule has 2 aromatic heterocycles. The Kier molecular flexibility index (Phi) is 1.70. The SMILES string of the molecule is CC(=O)n1cc(-c2ccn[nH]2)cn1. The maximum atomic E-state index is 10.9. The number of nitrogens with zero attached hydrogens (tertiary/aromatic N) is 3. The van der Waals surface area contributed by atoms with Crippen LogP contribution in [0.4, 0.5) is 0 Å². The Bertz CT molecular complexity index is 415. The summed E-state index contributed by atoms with van der Waals surface area (Å²) in [5, 5.41) is 10.5. The number of carbonyl (C=O) groups excluding carboxylic acids is 1. The molecule has 5 nitrogen and oxygen atoms in total. The average Bonchev–Trinajstić information content (AvgIpc) is 2.75. The van der Waals surface area contributed by atoms with Crippen LogP contribution in [0.1, 0.15) is 11.7 Å². The molecule has 2 aromatic rings. The molecule has 0 aliphatic heterocycles. The number of aromatic amines is 1. The third-order valence-corrected chi connectivity index (χ3v) is 1.72. The first-order valence-corrected chi connectivity index (χ1v) is 3.83. The highest BCUT2D eigenvalue weighted by Gasteiger charge is 2.04. The molecule has 13 heavy (non-hydrogen) atoms. The van der Waals surface area contributed by atoms with Crippen molar-refractivity contribution in [1.82, 2.24) is 20.0 Å². The first kappa shape index (κ1) is 7.72. The number of hydrogen-bond donors (Lipinski definition) is 1. The van der Waals surface area contributed by atoms with Gasteiger partial charge in [0.1, 0.15) is 0 Å². The molecule has 0 saturated carbocycles. The number of nitrogens with one attached hydrogen (secondary N) is 1. The van der Waals surface area contributed by atoms with Crippen molar-refractivity contribution in [3.05, 3.63) is 24.7 Å². The summed E-state index contributed by atoms with van der Waals surface area (Å²) in [5.74, 6) is -0.106. The zero-order valence-corrected chi connectivity index (χ0v) is 7.06. The first-order chi connectivity index (χ1) is 6.27. The van der Waals surface area contributed by atoms with Crippen molar-refractivity contribution < 1.29 is 4.79 Å². The molecule has 0 aromatic carbocycles. The molecule has 2 heterocycles. The lowest BCUT2D eigenvalue weighted by atomic mass is 10.3. The maximum Gasteiger partial charge on any atom is 0.243 e.